The van der Waals surface area contributed by atoms with Crippen molar-refractivity contribution in [3.63, 3.8) is 0 Å². The molecule has 5 heteroatoms. The molecule has 16 heavy (non-hydrogen) atoms. The summed E-state index contributed by atoms with van der Waals surface area (Å²) in [6.07, 6.45) is -3.67. The van der Waals surface area contributed by atoms with Crippen LogP contribution in [0.3, 0.4) is 0 Å². The van der Waals surface area contributed by atoms with Gasteiger partial charge in [0.2, 0.25) is 5.91 Å². The van der Waals surface area contributed by atoms with Crippen LogP contribution in [-0.4, -0.2) is 5.91 Å². The van der Waals surface area contributed by atoms with Crippen LogP contribution in [0.2, 0.25) is 0 Å². The molecule has 0 heterocycles. The standard InChI is InChI=1S/C11H10F3NO/c12-11(13,14)7-3-1-6(2-4-7)8-5-9(8)10(15)16/h1-4,8-9H,5H2,(H2,15,16)/t8-,9-/m1/s1. The highest BCUT2D eigenvalue weighted by Crippen LogP contribution is 2.47. The van der Waals surface area contributed by atoms with E-state index in [1.165, 1.54) is 12.1 Å². The van der Waals surface area contributed by atoms with E-state index < -0.39 is 11.7 Å². The van der Waals surface area contributed by atoms with Crippen LogP contribution in [-0.2, 0) is 11.0 Å². The summed E-state index contributed by atoms with van der Waals surface area (Å²) >= 11 is 0. The summed E-state index contributed by atoms with van der Waals surface area (Å²) in [5, 5.41) is 0. The van der Waals surface area contributed by atoms with Crippen molar-refractivity contribution in [2.45, 2.75) is 18.5 Å². The lowest BCUT2D eigenvalue weighted by Crippen LogP contribution is -2.13. The molecule has 0 unspecified atom stereocenters. The molecule has 0 aromatic heterocycles. The summed E-state index contributed by atoms with van der Waals surface area (Å²) in [6.45, 7) is 0. The van der Waals surface area contributed by atoms with E-state index in [4.69, 9.17) is 5.73 Å². The Hall–Kier alpha value is -1.52. The lowest BCUT2D eigenvalue weighted by molar-refractivity contribution is -0.137. The zero-order valence-corrected chi connectivity index (χ0v) is 8.29. The van der Waals surface area contributed by atoms with Gasteiger partial charge in [0.05, 0.1) is 5.56 Å². The van der Waals surface area contributed by atoms with Crippen LogP contribution in [0.4, 0.5) is 13.2 Å². The second-order valence-electron chi connectivity index (χ2n) is 3.97. The monoisotopic (exact) mass is 229 g/mol. The van der Waals surface area contributed by atoms with Gasteiger partial charge in [0.1, 0.15) is 0 Å². The van der Waals surface area contributed by atoms with Gasteiger partial charge in [0, 0.05) is 5.92 Å². The lowest BCUT2D eigenvalue weighted by Gasteiger charge is -2.07. The van der Waals surface area contributed by atoms with Crippen LogP contribution >= 0.6 is 0 Å². The van der Waals surface area contributed by atoms with Crippen molar-refractivity contribution >= 4 is 5.91 Å². The van der Waals surface area contributed by atoms with Crippen LogP contribution < -0.4 is 5.73 Å². The van der Waals surface area contributed by atoms with E-state index in [2.05, 4.69) is 0 Å². The minimum atomic E-state index is -4.31. The summed E-state index contributed by atoms with van der Waals surface area (Å²) in [5.74, 6) is -0.596. The third-order valence-corrected chi connectivity index (χ3v) is 2.82. The van der Waals surface area contributed by atoms with Crippen molar-refractivity contribution in [2.75, 3.05) is 0 Å². The second kappa shape index (κ2) is 3.50. The number of alkyl halides is 3. The molecule has 0 bridgehead atoms. The number of hydrogen-bond acceptors (Lipinski definition) is 1. The predicted molar refractivity (Wildman–Crippen MR) is 51.5 cm³/mol. The summed E-state index contributed by atoms with van der Waals surface area (Å²) in [4.78, 5) is 10.8. The third kappa shape index (κ3) is 2.03. The molecule has 0 saturated heterocycles. The molecule has 1 aromatic rings. The normalized spacial score (nSPS) is 24.2. The number of hydrogen-bond donors (Lipinski definition) is 1. The van der Waals surface area contributed by atoms with E-state index in [1.807, 2.05) is 0 Å². The number of nitrogens with two attached hydrogens (primary N) is 1. The fourth-order valence-corrected chi connectivity index (χ4v) is 1.80. The Kier molecular flexibility index (Phi) is 2.40. The Morgan fingerprint density at radius 2 is 1.81 bits per heavy atom. The molecule has 2 atom stereocenters. The minimum absolute atomic E-state index is 0.000200. The highest BCUT2D eigenvalue weighted by molar-refractivity contribution is 5.81. The third-order valence-electron chi connectivity index (χ3n) is 2.82. The number of amides is 1. The Bertz CT molecular complexity index is 410. The van der Waals surface area contributed by atoms with Crippen LogP contribution in [0.5, 0.6) is 0 Å². The van der Waals surface area contributed by atoms with Gasteiger partial charge in [-0.05, 0) is 30.0 Å². The molecule has 0 spiro atoms. The molecular weight excluding hydrogens is 219 g/mol. The zero-order valence-electron chi connectivity index (χ0n) is 8.29. The summed E-state index contributed by atoms with van der Waals surface area (Å²) in [7, 11) is 0. The van der Waals surface area contributed by atoms with E-state index in [0.717, 1.165) is 17.7 Å². The summed E-state index contributed by atoms with van der Waals surface area (Å²) in [5.41, 5.74) is 5.18. The Morgan fingerprint density at radius 3 is 2.19 bits per heavy atom. The number of rotatable bonds is 2. The van der Waals surface area contributed by atoms with Gasteiger partial charge in [-0.25, -0.2) is 0 Å². The van der Waals surface area contributed by atoms with E-state index in [9.17, 15) is 18.0 Å². The van der Waals surface area contributed by atoms with Crippen molar-refractivity contribution in [3.8, 4) is 0 Å². The molecule has 1 aromatic carbocycles. The first-order chi connectivity index (χ1) is 7.39. The predicted octanol–water partition coefficient (Wildman–Crippen LogP) is 2.29. The van der Waals surface area contributed by atoms with Crippen molar-refractivity contribution in [1.82, 2.24) is 0 Å². The van der Waals surface area contributed by atoms with Crippen LogP contribution in [0.25, 0.3) is 0 Å². The molecule has 1 aliphatic carbocycles. The first kappa shape index (κ1) is 11.0. The van der Waals surface area contributed by atoms with Gasteiger partial charge in [-0.15, -0.1) is 0 Å². The number of halogens is 3. The van der Waals surface area contributed by atoms with Crippen LogP contribution in [0.1, 0.15) is 23.5 Å². The van der Waals surface area contributed by atoms with Gasteiger partial charge >= 0.3 is 6.18 Å². The van der Waals surface area contributed by atoms with Crippen molar-refractivity contribution in [3.05, 3.63) is 35.4 Å². The molecule has 86 valence electrons. The van der Waals surface area contributed by atoms with Crippen molar-refractivity contribution < 1.29 is 18.0 Å². The first-order valence-corrected chi connectivity index (χ1v) is 4.86. The molecule has 1 saturated carbocycles. The topological polar surface area (TPSA) is 43.1 Å². The summed E-state index contributed by atoms with van der Waals surface area (Å²) < 4.78 is 36.8. The van der Waals surface area contributed by atoms with Gasteiger partial charge < -0.3 is 5.73 Å². The highest BCUT2D eigenvalue weighted by atomic mass is 19.4. The van der Waals surface area contributed by atoms with Gasteiger partial charge in [-0.1, -0.05) is 12.1 Å². The number of benzene rings is 1. The Balaban J connectivity index is 2.13. The average Bonchev–Trinajstić information content (AvgIpc) is 2.96. The summed E-state index contributed by atoms with van der Waals surface area (Å²) in [6, 6.07) is 4.89. The second-order valence-corrected chi connectivity index (χ2v) is 3.97. The molecule has 1 aliphatic rings. The minimum Gasteiger partial charge on any atom is -0.369 e. The van der Waals surface area contributed by atoms with Gasteiger partial charge in [-0.2, -0.15) is 13.2 Å². The molecule has 2 rings (SSSR count). The van der Waals surface area contributed by atoms with E-state index in [0.29, 0.717) is 6.42 Å². The fourth-order valence-electron chi connectivity index (χ4n) is 1.80. The van der Waals surface area contributed by atoms with Crippen molar-refractivity contribution in [2.24, 2.45) is 11.7 Å². The zero-order chi connectivity index (χ0) is 11.9. The highest BCUT2D eigenvalue weighted by Gasteiger charge is 2.42. The molecule has 1 amide bonds. The van der Waals surface area contributed by atoms with E-state index >= 15 is 0 Å². The molecule has 0 aliphatic heterocycles. The largest absolute Gasteiger partial charge is 0.416 e. The van der Waals surface area contributed by atoms with Gasteiger partial charge in [0.15, 0.2) is 0 Å². The molecule has 0 radical (unpaired) electrons. The maximum absolute atomic E-state index is 12.3. The number of carbonyl (C=O) groups is 1. The first-order valence-electron chi connectivity index (χ1n) is 4.86. The molecule has 1 fully saturated rings. The maximum Gasteiger partial charge on any atom is 0.416 e. The van der Waals surface area contributed by atoms with Gasteiger partial charge in [0.25, 0.3) is 0 Å². The van der Waals surface area contributed by atoms with Crippen molar-refractivity contribution in [1.29, 1.82) is 0 Å². The number of primary amides is 1. The Morgan fingerprint density at radius 1 is 1.25 bits per heavy atom. The molecule has 2 nitrogen and oxygen atoms in total. The van der Waals surface area contributed by atoms with Crippen LogP contribution in [0, 0.1) is 5.92 Å². The van der Waals surface area contributed by atoms with E-state index in [1.54, 1.807) is 0 Å². The maximum atomic E-state index is 12.3. The Labute approximate surface area is 90.2 Å². The molecular formula is C11H10F3NO. The quantitative estimate of drug-likeness (QED) is 0.830. The van der Waals surface area contributed by atoms with Gasteiger partial charge in [-0.3, -0.25) is 4.79 Å². The average molecular weight is 229 g/mol. The smallest absolute Gasteiger partial charge is 0.369 e. The number of carbonyl (C=O) groups excluding carboxylic acids is 1. The molecule has 2 N–H and O–H groups in total. The van der Waals surface area contributed by atoms with Crippen LogP contribution in [0.15, 0.2) is 24.3 Å². The fraction of sp³-hybridized carbons (Fsp3) is 0.364. The lowest BCUT2D eigenvalue weighted by atomic mass is 10.1. The van der Waals surface area contributed by atoms with E-state index in [-0.39, 0.29) is 17.7 Å². The SMILES string of the molecule is NC(=O)[C@@H]1C[C@@H]1c1ccc(C(F)(F)F)cc1.